The standard InChI is InChI=1S/C25H19N3O4S/c1-15-3-5-17(6-4-15)21-12-7-18(14-26)24(27-21)33-22-13-23(30)28(25(22)31)19-8-10-20(11-9-19)32-16(2)29/h3-12,22H,13H2,1-2H3. The Balaban J connectivity index is 1.57. The molecule has 2 heterocycles. The number of hydrogen-bond acceptors (Lipinski definition) is 7. The minimum absolute atomic E-state index is 0.00347. The van der Waals surface area contributed by atoms with E-state index in [4.69, 9.17) is 4.74 Å². The fourth-order valence-corrected chi connectivity index (χ4v) is 4.53. The van der Waals surface area contributed by atoms with Gasteiger partial charge >= 0.3 is 5.97 Å². The maximum Gasteiger partial charge on any atom is 0.308 e. The molecule has 8 heteroatoms. The maximum atomic E-state index is 13.1. The van der Waals surface area contributed by atoms with Crippen molar-refractivity contribution in [2.75, 3.05) is 4.90 Å². The molecular weight excluding hydrogens is 438 g/mol. The van der Waals surface area contributed by atoms with Gasteiger partial charge in [0, 0.05) is 18.9 Å². The molecule has 0 aliphatic carbocycles. The van der Waals surface area contributed by atoms with Crippen LogP contribution in [0, 0.1) is 18.3 Å². The summed E-state index contributed by atoms with van der Waals surface area (Å²) in [6.45, 7) is 3.29. The van der Waals surface area contributed by atoms with E-state index in [-0.39, 0.29) is 18.2 Å². The summed E-state index contributed by atoms with van der Waals surface area (Å²) in [4.78, 5) is 42.5. The topological polar surface area (TPSA) is 100 Å². The molecule has 7 nitrogen and oxygen atoms in total. The third kappa shape index (κ3) is 4.78. The highest BCUT2D eigenvalue weighted by atomic mass is 32.2. The number of thioether (sulfide) groups is 1. The van der Waals surface area contributed by atoms with E-state index in [0.29, 0.717) is 27.7 Å². The summed E-state index contributed by atoms with van der Waals surface area (Å²) in [6.07, 6.45) is -0.00347. The number of esters is 1. The lowest BCUT2D eigenvalue weighted by molar-refractivity contribution is -0.132. The van der Waals surface area contributed by atoms with Crippen LogP contribution in [0.4, 0.5) is 5.69 Å². The van der Waals surface area contributed by atoms with Crippen molar-refractivity contribution in [2.24, 2.45) is 0 Å². The second-order valence-corrected chi connectivity index (χ2v) is 8.68. The SMILES string of the molecule is CC(=O)Oc1ccc(N2C(=O)CC(Sc3nc(-c4ccc(C)cc4)ccc3C#N)C2=O)cc1. The van der Waals surface area contributed by atoms with E-state index < -0.39 is 11.2 Å². The molecule has 1 aliphatic rings. The van der Waals surface area contributed by atoms with Crippen LogP contribution >= 0.6 is 11.8 Å². The molecule has 1 atom stereocenters. The summed E-state index contributed by atoms with van der Waals surface area (Å²) >= 11 is 1.12. The smallest absolute Gasteiger partial charge is 0.308 e. The first kappa shape index (κ1) is 22.2. The van der Waals surface area contributed by atoms with Crippen LogP contribution in [0.1, 0.15) is 24.5 Å². The van der Waals surface area contributed by atoms with Gasteiger partial charge in [0.2, 0.25) is 11.8 Å². The van der Waals surface area contributed by atoms with Crippen LogP contribution in [0.25, 0.3) is 11.3 Å². The van der Waals surface area contributed by atoms with Crippen molar-refractivity contribution >= 4 is 35.2 Å². The molecule has 1 aromatic heterocycles. The molecule has 1 aliphatic heterocycles. The molecule has 2 aromatic carbocycles. The number of aryl methyl sites for hydroxylation is 1. The molecule has 1 unspecified atom stereocenters. The van der Waals surface area contributed by atoms with Gasteiger partial charge in [-0.05, 0) is 43.3 Å². The van der Waals surface area contributed by atoms with Crippen molar-refractivity contribution in [1.82, 2.24) is 4.98 Å². The Hall–Kier alpha value is -3.96. The van der Waals surface area contributed by atoms with E-state index in [9.17, 15) is 19.6 Å². The van der Waals surface area contributed by atoms with E-state index in [1.165, 1.54) is 19.1 Å². The molecule has 2 amide bonds. The summed E-state index contributed by atoms with van der Waals surface area (Å²) in [5, 5.41) is 9.24. The van der Waals surface area contributed by atoms with Gasteiger partial charge in [-0.3, -0.25) is 14.4 Å². The molecule has 0 bridgehead atoms. The number of hydrogen-bond donors (Lipinski definition) is 0. The zero-order chi connectivity index (χ0) is 23.5. The normalized spacial score (nSPS) is 15.4. The number of benzene rings is 2. The molecule has 3 aromatic rings. The molecule has 0 saturated carbocycles. The molecule has 164 valence electrons. The minimum Gasteiger partial charge on any atom is -0.427 e. The lowest BCUT2D eigenvalue weighted by atomic mass is 10.1. The van der Waals surface area contributed by atoms with Crippen LogP contribution in [0.5, 0.6) is 5.75 Å². The zero-order valence-electron chi connectivity index (χ0n) is 17.9. The number of anilines is 1. The molecule has 1 fully saturated rings. The summed E-state index contributed by atoms with van der Waals surface area (Å²) in [6, 6.07) is 19.6. The number of nitriles is 1. The predicted molar refractivity (Wildman–Crippen MR) is 124 cm³/mol. The number of amides is 2. The van der Waals surface area contributed by atoms with Crippen LogP contribution < -0.4 is 9.64 Å². The van der Waals surface area contributed by atoms with Gasteiger partial charge in [-0.25, -0.2) is 9.88 Å². The second kappa shape index (κ2) is 9.27. The lowest BCUT2D eigenvalue weighted by Crippen LogP contribution is -2.31. The van der Waals surface area contributed by atoms with Crippen LogP contribution in [0.2, 0.25) is 0 Å². The maximum absolute atomic E-state index is 13.1. The van der Waals surface area contributed by atoms with Crippen LogP contribution in [0.3, 0.4) is 0 Å². The Kier molecular flexibility index (Phi) is 6.24. The van der Waals surface area contributed by atoms with Crippen LogP contribution in [0.15, 0.2) is 65.7 Å². The number of ether oxygens (including phenoxy) is 1. The summed E-state index contributed by atoms with van der Waals surface area (Å²) < 4.78 is 5.00. The van der Waals surface area contributed by atoms with E-state index in [2.05, 4.69) is 11.1 Å². The van der Waals surface area contributed by atoms with Crippen LogP contribution in [-0.4, -0.2) is 28.0 Å². The van der Waals surface area contributed by atoms with Gasteiger partial charge in [-0.15, -0.1) is 0 Å². The third-order valence-electron chi connectivity index (χ3n) is 5.04. The number of carbonyl (C=O) groups is 3. The first-order chi connectivity index (χ1) is 15.9. The predicted octanol–water partition coefficient (Wildman–Crippen LogP) is 4.28. The third-order valence-corrected chi connectivity index (χ3v) is 6.23. The highest BCUT2D eigenvalue weighted by molar-refractivity contribution is 8.00. The van der Waals surface area contributed by atoms with Gasteiger partial charge < -0.3 is 4.74 Å². The molecule has 0 N–H and O–H groups in total. The summed E-state index contributed by atoms with van der Waals surface area (Å²) in [5.41, 5.74) is 3.45. The van der Waals surface area contributed by atoms with Crippen molar-refractivity contribution in [3.63, 3.8) is 0 Å². The Morgan fingerprint density at radius 1 is 1.09 bits per heavy atom. The fourth-order valence-electron chi connectivity index (χ4n) is 3.43. The number of pyridine rings is 1. The molecule has 1 saturated heterocycles. The van der Waals surface area contributed by atoms with Crippen molar-refractivity contribution < 1.29 is 19.1 Å². The zero-order valence-corrected chi connectivity index (χ0v) is 18.8. The van der Waals surface area contributed by atoms with Gasteiger partial charge in [-0.2, -0.15) is 5.26 Å². The van der Waals surface area contributed by atoms with Crippen molar-refractivity contribution in [3.05, 3.63) is 71.8 Å². The summed E-state index contributed by atoms with van der Waals surface area (Å²) in [7, 11) is 0. The Bertz CT molecular complexity index is 1280. The molecule has 0 spiro atoms. The van der Waals surface area contributed by atoms with Gasteiger partial charge in [0.15, 0.2) is 0 Å². The molecule has 33 heavy (non-hydrogen) atoms. The average molecular weight is 458 g/mol. The first-order valence-electron chi connectivity index (χ1n) is 10.2. The van der Waals surface area contributed by atoms with E-state index in [1.807, 2.05) is 31.2 Å². The Morgan fingerprint density at radius 2 is 1.79 bits per heavy atom. The van der Waals surface area contributed by atoms with Crippen molar-refractivity contribution in [3.8, 4) is 23.1 Å². The highest BCUT2D eigenvalue weighted by Crippen LogP contribution is 2.36. The number of carbonyl (C=O) groups excluding carboxylic acids is 3. The number of nitrogens with zero attached hydrogens (tertiary/aromatic N) is 3. The van der Waals surface area contributed by atoms with Gasteiger partial charge in [0.25, 0.3) is 0 Å². The lowest BCUT2D eigenvalue weighted by Gasteiger charge is -2.15. The Morgan fingerprint density at radius 3 is 2.42 bits per heavy atom. The monoisotopic (exact) mass is 457 g/mol. The van der Waals surface area contributed by atoms with Crippen molar-refractivity contribution in [2.45, 2.75) is 30.5 Å². The fraction of sp³-hybridized carbons (Fsp3) is 0.160. The summed E-state index contributed by atoms with van der Waals surface area (Å²) in [5.74, 6) is -0.851. The molecule has 4 rings (SSSR count). The Labute approximate surface area is 195 Å². The highest BCUT2D eigenvalue weighted by Gasteiger charge is 2.40. The quantitative estimate of drug-likeness (QED) is 0.320. The first-order valence-corrected chi connectivity index (χ1v) is 11.0. The molecule has 0 radical (unpaired) electrons. The average Bonchev–Trinajstić information content (AvgIpc) is 3.07. The van der Waals surface area contributed by atoms with E-state index in [1.54, 1.807) is 24.3 Å². The van der Waals surface area contributed by atoms with Gasteiger partial charge in [-0.1, -0.05) is 41.6 Å². The van der Waals surface area contributed by atoms with Gasteiger partial charge in [0.05, 0.1) is 22.2 Å². The molecular formula is C25H19N3O4S. The second-order valence-electron chi connectivity index (χ2n) is 7.49. The number of rotatable bonds is 5. The van der Waals surface area contributed by atoms with E-state index in [0.717, 1.165) is 27.8 Å². The van der Waals surface area contributed by atoms with Crippen LogP contribution in [-0.2, 0) is 14.4 Å². The minimum atomic E-state index is -0.696. The number of imide groups is 1. The largest absolute Gasteiger partial charge is 0.427 e. The number of aromatic nitrogens is 1. The van der Waals surface area contributed by atoms with Crippen molar-refractivity contribution in [1.29, 1.82) is 5.26 Å². The van der Waals surface area contributed by atoms with E-state index >= 15 is 0 Å². The van der Waals surface area contributed by atoms with Gasteiger partial charge in [0.1, 0.15) is 16.8 Å².